The monoisotopic (exact) mass is 607 g/mol. The minimum Gasteiger partial charge on any atom is -0.395 e. The van der Waals surface area contributed by atoms with Crippen LogP contribution in [0.2, 0.25) is 0 Å². The molecule has 0 unspecified atom stereocenters. The number of hydrogen-bond donors (Lipinski definition) is 0. The SMILES string of the molecule is [Cl][Pd+].[c-]1c(C[PH+](c2ccccc2)c2ccccc2)nnn1C[PH+](c1ccccc1)c1ccccc1. The predicted octanol–water partition coefficient (Wildman–Crippen LogP) is 4.95. The summed E-state index contributed by atoms with van der Waals surface area (Å²) in [6, 6.07) is 43.1. The molecule has 7 heteroatoms. The van der Waals surface area contributed by atoms with Crippen molar-refractivity contribution in [2.45, 2.75) is 12.4 Å². The predicted molar refractivity (Wildman–Crippen MR) is 149 cm³/mol. The molecule has 0 amide bonds. The van der Waals surface area contributed by atoms with Crippen molar-refractivity contribution in [3.63, 3.8) is 0 Å². The third-order valence-electron chi connectivity index (χ3n) is 5.67. The van der Waals surface area contributed by atoms with E-state index in [0.717, 1.165) is 18.1 Å². The molecule has 5 rings (SSSR count). The van der Waals surface area contributed by atoms with E-state index in [2.05, 4.69) is 166 Å². The second kappa shape index (κ2) is 13.8. The number of halogens is 1. The summed E-state index contributed by atoms with van der Waals surface area (Å²) in [5.74, 6) is 0. The van der Waals surface area contributed by atoms with Crippen LogP contribution in [0.25, 0.3) is 0 Å². The van der Waals surface area contributed by atoms with Gasteiger partial charge in [-0.05, 0) is 48.5 Å². The van der Waals surface area contributed by atoms with Gasteiger partial charge in [-0.25, -0.2) is 0 Å². The van der Waals surface area contributed by atoms with Gasteiger partial charge in [-0.15, -0.1) is 5.21 Å². The first kappa shape index (κ1) is 25.9. The minimum atomic E-state index is -1.03. The third-order valence-corrected chi connectivity index (χ3v) is 11.1. The molecule has 0 saturated carbocycles. The van der Waals surface area contributed by atoms with E-state index in [4.69, 9.17) is 0 Å². The first-order chi connectivity index (χ1) is 17.4. The van der Waals surface area contributed by atoms with Crippen molar-refractivity contribution in [3.8, 4) is 0 Å². The average molecular weight is 608 g/mol. The second-order valence-corrected chi connectivity index (χ2v) is 12.8. The van der Waals surface area contributed by atoms with Crippen LogP contribution >= 0.6 is 25.4 Å². The Balaban J connectivity index is 0.00000141. The summed E-state index contributed by atoms with van der Waals surface area (Å²) in [5, 5.41) is 14.6. The van der Waals surface area contributed by atoms with Crippen molar-refractivity contribution in [3.05, 3.63) is 133 Å². The quantitative estimate of drug-likeness (QED) is 0.142. The van der Waals surface area contributed by atoms with Gasteiger partial charge in [0, 0.05) is 0 Å². The third kappa shape index (κ3) is 7.18. The molecule has 5 aromatic rings. The standard InChI is InChI=1S/C28H24N3P2.ClH.Pd/c1-5-13-25(14-6-1)32(26-15-7-2-8-16-26)22-24-21-31(30-29-24)23-33(27-17-9-3-10-18-27)28-19-11-4-12-20-28;;/h1-20H,22-23H2;1H;/q-1;;+2/p+1. The summed E-state index contributed by atoms with van der Waals surface area (Å²) >= 11 is 2.22. The van der Waals surface area contributed by atoms with E-state index in [0.29, 0.717) is 0 Å². The second-order valence-electron chi connectivity index (χ2n) is 7.90. The molecule has 178 valence electrons. The van der Waals surface area contributed by atoms with Gasteiger partial charge in [0.25, 0.3) is 0 Å². The van der Waals surface area contributed by atoms with Crippen LogP contribution in [-0.2, 0) is 30.6 Å². The fourth-order valence-electron chi connectivity index (χ4n) is 4.04. The molecule has 0 saturated heterocycles. The van der Waals surface area contributed by atoms with Crippen LogP contribution in [-0.4, -0.2) is 15.0 Å². The molecule has 0 fully saturated rings. The molecule has 0 spiro atoms. The Bertz CT molecular complexity index is 1090. The molecule has 3 nitrogen and oxygen atoms in total. The van der Waals surface area contributed by atoms with E-state index in [1.54, 1.807) is 0 Å². The van der Waals surface area contributed by atoms with Crippen LogP contribution in [0.15, 0.2) is 121 Å². The summed E-state index contributed by atoms with van der Waals surface area (Å²) in [7, 11) is 2.45. The normalized spacial score (nSPS) is 10.8. The fourth-order valence-corrected chi connectivity index (χ4v) is 8.79. The first-order valence-corrected chi connectivity index (χ1v) is 16.7. The molecule has 0 bridgehead atoms. The van der Waals surface area contributed by atoms with Crippen molar-refractivity contribution in [2.24, 2.45) is 0 Å². The topological polar surface area (TPSA) is 30.7 Å². The van der Waals surface area contributed by atoms with E-state index in [9.17, 15) is 0 Å². The number of nitrogens with zero attached hydrogens (tertiary/aromatic N) is 3. The molecule has 0 N–H and O–H groups in total. The minimum absolute atomic E-state index is 0.810. The molecule has 0 aliphatic heterocycles. The number of benzene rings is 4. The van der Waals surface area contributed by atoms with Crippen LogP contribution in [0.5, 0.6) is 0 Å². The van der Waals surface area contributed by atoms with Gasteiger partial charge in [0.2, 0.25) is 0 Å². The van der Waals surface area contributed by atoms with Crippen LogP contribution in [0.4, 0.5) is 0 Å². The van der Waals surface area contributed by atoms with Gasteiger partial charge in [-0.3, -0.25) is 0 Å². The van der Waals surface area contributed by atoms with Crippen LogP contribution < -0.4 is 21.2 Å². The summed E-state index contributed by atoms with van der Waals surface area (Å²) in [6.07, 6.45) is 5.18. The molecule has 4 aromatic carbocycles. The Hall–Kier alpha value is -2.17. The summed E-state index contributed by atoms with van der Waals surface area (Å²) in [5.41, 5.74) is 0.944. The van der Waals surface area contributed by atoms with Gasteiger partial charge in [-0.1, -0.05) is 78.5 Å². The molecular formula is C28H26ClN3P2Pd+2. The maximum Gasteiger partial charge on any atom is 0.127 e. The number of rotatable bonds is 8. The van der Waals surface area contributed by atoms with E-state index in [1.165, 1.54) is 21.2 Å². The zero-order chi connectivity index (χ0) is 24.3. The van der Waals surface area contributed by atoms with Crippen molar-refractivity contribution < 1.29 is 18.2 Å². The van der Waals surface area contributed by atoms with Crippen LogP contribution in [0, 0.1) is 6.20 Å². The smallest absolute Gasteiger partial charge is 0.127 e. The van der Waals surface area contributed by atoms with Crippen molar-refractivity contribution >= 4 is 46.6 Å². The first-order valence-electron chi connectivity index (χ1n) is 11.2. The maximum atomic E-state index is 4.55. The zero-order valence-corrected chi connectivity index (χ0v) is 23.3. The average Bonchev–Trinajstić information content (AvgIpc) is 3.40. The Morgan fingerprint density at radius 2 is 0.971 bits per heavy atom. The molecule has 0 aliphatic rings. The molecule has 0 aliphatic carbocycles. The van der Waals surface area contributed by atoms with Gasteiger partial charge in [0.15, 0.2) is 0 Å². The largest absolute Gasteiger partial charge is 0.395 e. The van der Waals surface area contributed by atoms with Crippen LogP contribution in [0.1, 0.15) is 5.69 Å². The summed E-state index contributed by atoms with van der Waals surface area (Å²) < 4.78 is 1.93. The van der Waals surface area contributed by atoms with Crippen LogP contribution in [0.3, 0.4) is 0 Å². The molecular weight excluding hydrogens is 582 g/mol. The molecule has 0 radical (unpaired) electrons. The Kier molecular flexibility index (Phi) is 10.2. The summed E-state index contributed by atoms with van der Waals surface area (Å²) in [4.78, 5) is 0. The van der Waals surface area contributed by atoms with E-state index >= 15 is 0 Å². The van der Waals surface area contributed by atoms with Crippen molar-refractivity contribution in [2.75, 3.05) is 0 Å². The summed E-state index contributed by atoms with van der Waals surface area (Å²) in [6.45, 7) is 0. The van der Waals surface area contributed by atoms with Gasteiger partial charge in [0.1, 0.15) is 6.29 Å². The fraction of sp³-hybridized carbons (Fsp3) is 0.0714. The van der Waals surface area contributed by atoms with E-state index in [1.807, 2.05) is 4.68 Å². The van der Waals surface area contributed by atoms with Crippen molar-refractivity contribution in [1.82, 2.24) is 15.0 Å². The molecule has 0 atom stereocenters. The molecule has 35 heavy (non-hydrogen) atoms. The van der Waals surface area contributed by atoms with Gasteiger partial charge >= 0.3 is 27.7 Å². The van der Waals surface area contributed by atoms with Crippen molar-refractivity contribution in [1.29, 1.82) is 0 Å². The van der Waals surface area contributed by atoms with Gasteiger partial charge < -0.3 is 10.9 Å². The Morgan fingerprint density at radius 1 is 0.600 bits per heavy atom. The number of aromatic nitrogens is 3. The zero-order valence-electron chi connectivity index (χ0n) is 19.0. The Labute approximate surface area is 224 Å². The number of hydrogen-bond acceptors (Lipinski definition) is 2. The van der Waals surface area contributed by atoms with E-state index < -0.39 is 15.8 Å². The molecule has 1 heterocycles. The van der Waals surface area contributed by atoms with Gasteiger partial charge in [0.05, 0.1) is 43.2 Å². The molecule has 1 aromatic heterocycles. The maximum absolute atomic E-state index is 4.55. The van der Waals surface area contributed by atoms with E-state index in [-0.39, 0.29) is 0 Å². The van der Waals surface area contributed by atoms with Gasteiger partial charge in [-0.2, -0.15) is 5.10 Å². The Morgan fingerprint density at radius 3 is 1.37 bits per heavy atom.